The van der Waals surface area contributed by atoms with Gasteiger partial charge >= 0.3 is 6.18 Å². The Morgan fingerprint density at radius 2 is 1.67 bits per heavy atom. The molecule has 1 amide bonds. The molecule has 1 aliphatic heterocycles. The molecule has 0 radical (unpaired) electrons. The Hall–Kier alpha value is -3.26. The number of nitrogens with zero attached hydrogens (tertiary/aromatic N) is 3. The van der Waals surface area contributed by atoms with Crippen molar-refractivity contribution in [1.82, 2.24) is 9.80 Å². The number of carbonyl (C=O) groups excluding carboxylic acids is 1. The summed E-state index contributed by atoms with van der Waals surface area (Å²) in [5.74, 6) is 0.817. The molecule has 8 heteroatoms. The molecule has 5 nitrogen and oxygen atoms in total. The first-order valence-electron chi connectivity index (χ1n) is 12.2. The molecule has 0 N–H and O–H groups in total. The number of benzene rings is 2. The quantitative estimate of drug-likeness (QED) is 0.401. The Bertz CT molecular complexity index is 1160. The standard InChI is InChI=1S/C28H32F3N3O2/c1-20(2)34(18-22-9-7-21(3)8-10-22)19-25-11-12-26(36-25)27(35)33-15-13-32(14-16-33)24-6-4-5-23(17-24)28(29,30)31/h4-12,17,20H,13-16,18-19H2,1-3H3. The first-order chi connectivity index (χ1) is 17.1. The number of alkyl halides is 3. The van der Waals surface area contributed by atoms with Crippen LogP contribution >= 0.6 is 0 Å². The maximum atomic E-state index is 13.1. The van der Waals surface area contributed by atoms with Crippen molar-refractivity contribution in [2.24, 2.45) is 0 Å². The molecule has 2 heterocycles. The average Bonchev–Trinajstić information content (AvgIpc) is 3.33. The topological polar surface area (TPSA) is 39.9 Å². The number of aryl methyl sites for hydroxylation is 1. The number of amides is 1. The highest BCUT2D eigenvalue weighted by Gasteiger charge is 2.31. The normalized spacial score (nSPS) is 14.7. The van der Waals surface area contributed by atoms with Crippen LogP contribution in [-0.4, -0.2) is 47.9 Å². The van der Waals surface area contributed by atoms with Crippen LogP contribution in [0.25, 0.3) is 0 Å². The monoisotopic (exact) mass is 499 g/mol. The molecule has 0 bridgehead atoms. The third kappa shape index (κ3) is 6.29. The number of rotatable bonds is 7. The van der Waals surface area contributed by atoms with Gasteiger partial charge in [0.25, 0.3) is 5.91 Å². The molecular formula is C28H32F3N3O2. The van der Waals surface area contributed by atoms with Crippen LogP contribution < -0.4 is 4.90 Å². The fraction of sp³-hybridized carbons (Fsp3) is 0.393. The van der Waals surface area contributed by atoms with E-state index in [1.807, 2.05) is 11.0 Å². The van der Waals surface area contributed by atoms with Gasteiger partial charge in [0.05, 0.1) is 12.1 Å². The summed E-state index contributed by atoms with van der Waals surface area (Å²) in [7, 11) is 0. The van der Waals surface area contributed by atoms with E-state index >= 15 is 0 Å². The predicted molar refractivity (Wildman–Crippen MR) is 134 cm³/mol. The molecular weight excluding hydrogens is 467 g/mol. The van der Waals surface area contributed by atoms with Gasteiger partial charge in [-0.3, -0.25) is 9.69 Å². The Labute approximate surface area is 210 Å². The van der Waals surface area contributed by atoms with E-state index in [4.69, 9.17) is 4.42 Å². The summed E-state index contributed by atoms with van der Waals surface area (Å²) in [4.78, 5) is 18.9. The first kappa shape index (κ1) is 25.8. The third-order valence-corrected chi connectivity index (χ3v) is 6.57. The summed E-state index contributed by atoms with van der Waals surface area (Å²) in [5.41, 5.74) is 2.29. The van der Waals surface area contributed by atoms with Crippen molar-refractivity contribution in [3.63, 3.8) is 0 Å². The van der Waals surface area contributed by atoms with Gasteiger partial charge in [-0.1, -0.05) is 35.9 Å². The number of hydrogen-bond donors (Lipinski definition) is 0. The number of carbonyl (C=O) groups is 1. The fourth-order valence-electron chi connectivity index (χ4n) is 4.33. The van der Waals surface area contributed by atoms with Crippen LogP contribution in [0.3, 0.4) is 0 Å². The molecule has 0 saturated carbocycles. The maximum Gasteiger partial charge on any atom is 0.416 e. The molecule has 0 atom stereocenters. The van der Waals surface area contributed by atoms with Crippen LogP contribution in [0.1, 0.15) is 46.9 Å². The number of piperazine rings is 1. The van der Waals surface area contributed by atoms with Crippen molar-refractivity contribution >= 4 is 11.6 Å². The van der Waals surface area contributed by atoms with Crippen molar-refractivity contribution in [2.75, 3.05) is 31.1 Å². The van der Waals surface area contributed by atoms with Gasteiger partial charge in [-0.15, -0.1) is 0 Å². The minimum Gasteiger partial charge on any atom is -0.455 e. The fourth-order valence-corrected chi connectivity index (χ4v) is 4.33. The lowest BCUT2D eigenvalue weighted by Crippen LogP contribution is -2.48. The van der Waals surface area contributed by atoms with E-state index in [9.17, 15) is 18.0 Å². The molecule has 3 aromatic rings. The van der Waals surface area contributed by atoms with Crippen molar-refractivity contribution in [3.8, 4) is 0 Å². The lowest BCUT2D eigenvalue weighted by Gasteiger charge is -2.36. The second kappa shape index (κ2) is 10.8. The number of furan rings is 1. The third-order valence-electron chi connectivity index (χ3n) is 6.57. The number of halogens is 3. The molecule has 192 valence electrons. The SMILES string of the molecule is Cc1ccc(CN(Cc2ccc(C(=O)N3CCN(c4cccc(C(F)(F)F)c4)CC3)o2)C(C)C)cc1. The number of anilines is 1. The lowest BCUT2D eigenvalue weighted by molar-refractivity contribution is -0.137. The van der Waals surface area contributed by atoms with Crippen LogP contribution in [0, 0.1) is 6.92 Å². The zero-order chi connectivity index (χ0) is 25.9. The summed E-state index contributed by atoms with van der Waals surface area (Å²) in [6, 6.07) is 17.6. The minimum absolute atomic E-state index is 0.195. The molecule has 1 saturated heterocycles. The lowest BCUT2D eigenvalue weighted by atomic mass is 10.1. The molecule has 1 aliphatic rings. The average molecular weight is 500 g/mol. The van der Waals surface area contributed by atoms with Gasteiger partial charge < -0.3 is 14.2 Å². The largest absolute Gasteiger partial charge is 0.455 e. The van der Waals surface area contributed by atoms with E-state index in [0.29, 0.717) is 44.5 Å². The molecule has 4 rings (SSSR count). The highest BCUT2D eigenvalue weighted by Crippen LogP contribution is 2.32. The highest BCUT2D eigenvalue weighted by atomic mass is 19.4. The Morgan fingerprint density at radius 3 is 2.31 bits per heavy atom. The van der Waals surface area contributed by atoms with Gasteiger partial charge in [-0.05, 0) is 56.7 Å². The molecule has 2 aromatic carbocycles. The predicted octanol–water partition coefficient (Wildman–Crippen LogP) is 5.98. The van der Waals surface area contributed by atoms with Gasteiger partial charge in [0.15, 0.2) is 5.76 Å². The van der Waals surface area contributed by atoms with Gasteiger partial charge in [0.2, 0.25) is 0 Å². The molecule has 0 aliphatic carbocycles. The molecule has 0 unspecified atom stereocenters. The van der Waals surface area contributed by atoms with E-state index in [1.165, 1.54) is 17.2 Å². The first-order valence-corrected chi connectivity index (χ1v) is 12.2. The van der Waals surface area contributed by atoms with E-state index in [0.717, 1.165) is 24.4 Å². The summed E-state index contributed by atoms with van der Waals surface area (Å²) in [6.07, 6.45) is -4.38. The van der Waals surface area contributed by atoms with Gasteiger partial charge in [-0.2, -0.15) is 13.2 Å². The number of hydrogen-bond acceptors (Lipinski definition) is 4. The summed E-state index contributed by atoms with van der Waals surface area (Å²) in [5, 5.41) is 0. The highest BCUT2D eigenvalue weighted by molar-refractivity contribution is 5.91. The van der Waals surface area contributed by atoms with Gasteiger partial charge in [0.1, 0.15) is 5.76 Å². The van der Waals surface area contributed by atoms with E-state index in [1.54, 1.807) is 17.0 Å². The van der Waals surface area contributed by atoms with Crippen molar-refractivity contribution < 1.29 is 22.4 Å². The van der Waals surface area contributed by atoms with Crippen molar-refractivity contribution in [2.45, 2.75) is 46.1 Å². The van der Waals surface area contributed by atoms with Crippen LogP contribution in [0.4, 0.5) is 18.9 Å². The van der Waals surface area contributed by atoms with E-state index in [-0.39, 0.29) is 11.7 Å². The zero-order valence-corrected chi connectivity index (χ0v) is 20.9. The Kier molecular flexibility index (Phi) is 7.73. The van der Waals surface area contributed by atoms with Crippen LogP contribution in [0.2, 0.25) is 0 Å². The van der Waals surface area contributed by atoms with Crippen LogP contribution in [-0.2, 0) is 19.3 Å². The minimum atomic E-state index is -4.38. The molecule has 1 aromatic heterocycles. The smallest absolute Gasteiger partial charge is 0.416 e. The molecule has 1 fully saturated rings. The molecule has 0 spiro atoms. The summed E-state index contributed by atoms with van der Waals surface area (Å²) >= 11 is 0. The molecule has 36 heavy (non-hydrogen) atoms. The van der Waals surface area contributed by atoms with E-state index < -0.39 is 11.7 Å². The summed E-state index contributed by atoms with van der Waals surface area (Å²) < 4.78 is 45.1. The van der Waals surface area contributed by atoms with Crippen LogP contribution in [0.5, 0.6) is 0 Å². The Morgan fingerprint density at radius 1 is 0.972 bits per heavy atom. The Balaban J connectivity index is 1.35. The zero-order valence-electron chi connectivity index (χ0n) is 20.9. The van der Waals surface area contributed by atoms with Gasteiger partial charge in [0, 0.05) is 44.5 Å². The van der Waals surface area contributed by atoms with E-state index in [2.05, 4.69) is 49.9 Å². The van der Waals surface area contributed by atoms with Crippen molar-refractivity contribution in [3.05, 3.63) is 88.9 Å². The van der Waals surface area contributed by atoms with Crippen LogP contribution in [0.15, 0.2) is 65.1 Å². The van der Waals surface area contributed by atoms with Gasteiger partial charge in [-0.25, -0.2) is 0 Å². The second-order valence-electron chi connectivity index (χ2n) is 9.58. The van der Waals surface area contributed by atoms with Crippen molar-refractivity contribution in [1.29, 1.82) is 0 Å². The second-order valence-corrected chi connectivity index (χ2v) is 9.58. The maximum absolute atomic E-state index is 13.1. The summed E-state index contributed by atoms with van der Waals surface area (Å²) in [6.45, 7) is 9.43.